The fourth-order valence-electron chi connectivity index (χ4n) is 2.69. The lowest BCUT2D eigenvalue weighted by Gasteiger charge is -2.35. The van der Waals surface area contributed by atoms with Crippen molar-refractivity contribution in [2.75, 3.05) is 31.1 Å². The second-order valence-corrected chi connectivity index (χ2v) is 6.16. The molecule has 2 heterocycles. The molecule has 1 amide bonds. The number of amides is 1. The van der Waals surface area contributed by atoms with Gasteiger partial charge in [0.25, 0.3) is 5.91 Å². The molecule has 1 aromatic heterocycles. The van der Waals surface area contributed by atoms with Crippen molar-refractivity contribution in [1.29, 1.82) is 0 Å². The van der Waals surface area contributed by atoms with E-state index < -0.39 is 0 Å². The summed E-state index contributed by atoms with van der Waals surface area (Å²) in [6.45, 7) is 6.91. The van der Waals surface area contributed by atoms with Crippen molar-refractivity contribution in [3.05, 3.63) is 52.4 Å². The summed E-state index contributed by atoms with van der Waals surface area (Å²) in [6.07, 6.45) is 1.46. The van der Waals surface area contributed by atoms with E-state index in [9.17, 15) is 4.79 Å². The fourth-order valence-corrected chi connectivity index (χ4v) is 2.83. The maximum Gasteiger partial charge on any atom is 0.253 e. The molecule has 0 atom stereocenters. The Balaban J connectivity index is 1.66. The van der Waals surface area contributed by atoms with Crippen molar-refractivity contribution in [1.82, 2.24) is 14.9 Å². The molecule has 23 heavy (non-hydrogen) atoms. The van der Waals surface area contributed by atoms with Gasteiger partial charge in [0.2, 0.25) is 0 Å². The number of aryl methyl sites for hydroxylation is 2. The molecule has 2 aromatic rings. The van der Waals surface area contributed by atoms with Crippen molar-refractivity contribution < 1.29 is 4.79 Å². The number of carbonyl (C=O) groups excluding carboxylic acids is 1. The van der Waals surface area contributed by atoms with Gasteiger partial charge in [-0.05, 0) is 37.1 Å². The highest BCUT2D eigenvalue weighted by molar-refractivity contribution is 6.29. The molecule has 5 nitrogen and oxygen atoms in total. The van der Waals surface area contributed by atoms with Crippen LogP contribution in [0.3, 0.4) is 0 Å². The zero-order valence-electron chi connectivity index (χ0n) is 13.3. The van der Waals surface area contributed by atoms with Crippen LogP contribution in [0.15, 0.2) is 30.6 Å². The molecule has 120 valence electrons. The van der Waals surface area contributed by atoms with E-state index in [1.54, 1.807) is 6.07 Å². The first kappa shape index (κ1) is 15.7. The predicted molar refractivity (Wildman–Crippen MR) is 91.1 cm³/mol. The predicted octanol–water partition coefficient (Wildman–Crippen LogP) is 2.71. The number of rotatable bonds is 2. The van der Waals surface area contributed by atoms with Crippen LogP contribution < -0.4 is 4.90 Å². The van der Waals surface area contributed by atoms with Crippen LogP contribution in [0.2, 0.25) is 5.15 Å². The van der Waals surface area contributed by atoms with E-state index in [1.165, 1.54) is 11.9 Å². The summed E-state index contributed by atoms with van der Waals surface area (Å²) in [4.78, 5) is 24.8. The molecule has 0 N–H and O–H groups in total. The molecule has 1 aromatic carbocycles. The number of hydrogen-bond donors (Lipinski definition) is 0. The van der Waals surface area contributed by atoms with E-state index >= 15 is 0 Å². The summed E-state index contributed by atoms with van der Waals surface area (Å²) in [6, 6.07) is 7.62. The highest BCUT2D eigenvalue weighted by Gasteiger charge is 2.23. The normalized spacial score (nSPS) is 14.9. The third-order valence-electron chi connectivity index (χ3n) is 4.26. The number of aromatic nitrogens is 2. The van der Waals surface area contributed by atoms with E-state index in [4.69, 9.17) is 11.6 Å². The average Bonchev–Trinajstić information content (AvgIpc) is 2.57. The third kappa shape index (κ3) is 3.45. The van der Waals surface area contributed by atoms with Crippen molar-refractivity contribution in [2.45, 2.75) is 13.8 Å². The SMILES string of the molecule is Cc1ccc(C(=O)N2CCN(c3cc(Cl)ncn3)CC2)cc1C. The van der Waals surface area contributed by atoms with Gasteiger partial charge in [0.15, 0.2) is 0 Å². The zero-order chi connectivity index (χ0) is 16.4. The van der Waals surface area contributed by atoms with Crippen LogP contribution in [0.5, 0.6) is 0 Å². The van der Waals surface area contributed by atoms with E-state index in [-0.39, 0.29) is 5.91 Å². The Bertz CT molecular complexity index is 726. The number of halogens is 1. The van der Waals surface area contributed by atoms with Crippen LogP contribution in [0, 0.1) is 13.8 Å². The van der Waals surface area contributed by atoms with Crippen LogP contribution in [0.4, 0.5) is 5.82 Å². The second-order valence-electron chi connectivity index (χ2n) is 5.78. The number of carbonyl (C=O) groups is 1. The van der Waals surface area contributed by atoms with Gasteiger partial charge in [-0.3, -0.25) is 4.79 Å². The largest absolute Gasteiger partial charge is 0.353 e. The van der Waals surface area contributed by atoms with Gasteiger partial charge in [-0.1, -0.05) is 17.7 Å². The van der Waals surface area contributed by atoms with Gasteiger partial charge in [-0.25, -0.2) is 9.97 Å². The van der Waals surface area contributed by atoms with Crippen LogP contribution in [0.25, 0.3) is 0 Å². The molecular formula is C17H19ClN4O. The van der Waals surface area contributed by atoms with E-state index in [0.717, 1.165) is 30.0 Å². The summed E-state index contributed by atoms with van der Waals surface area (Å²) in [5.41, 5.74) is 3.10. The molecule has 1 aliphatic heterocycles. The lowest BCUT2D eigenvalue weighted by Crippen LogP contribution is -2.49. The highest BCUT2D eigenvalue weighted by atomic mass is 35.5. The van der Waals surface area contributed by atoms with Crippen LogP contribution in [-0.2, 0) is 0 Å². The summed E-state index contributed by atoms with van der Waals surface area (Å²) in [5, 5.41) is 0.434. The quantitative estimate of drug-likeness (QED) is 0.794. The lowest BCUT2D eigenvalue weighted by atomic mass is 10.1. The molecule has 1 fully saturated rings. The van der Waals surface area contributed by atoms with Crippen LogP contribution in [-0.4, -0.2) is 47.0 Å². The minimum atomic E-state index is 0.0912. The second kappa shape index (κ2) is 6.54. The smallest absolute Gasteiger partial charge is 0.253 e. The molecule has 0 bridgehead atoms. The maximum absolute atomic E-state index is 12.6. The summed E-state index contributed by atoms with van der Waals surface area (Å²) in [7, 11) is 0. The van der Waals surface area contributed by atoms with Gasteiger partial charge in [0, 0.05) is 37.8 Å². The minimum absolute atomic E-state index is 0.0912. The Morgan fingerprint density at radius 2 is 1.78 bits per heavy atom. The molecule has 1 saturated heterocycles. The minimum Gasteiger partial charge on any atom is -0.353 e. The first-order valence-corrected chi connectivity index (χ1v) is 8.01. The molecule has 0 radical (unpaired) electrons. The summed E-state index contributed by atoms with van der Waals surface area (Å²) < 4.78 is 0. The van der Waals surface area contributed by atoms with E-state index in [0.29, 0.717) is 18.2 Å². The molecule has 3 rings (SSSR count). The monoisotopic (exact) mass is 330 g/mol. The van der Waals surface area contributed by atoms with Gasteiger partial charge < -0.3 is 9.80 Å². The number of anilines is 1. The van der Waals surface area contributed by atoms with E-state index in [2.05, 4.69) is 21.8 Å². The van der Waals surface area contributed by atoms with Crippen LogP contribution in [0.1, 0.15) is 21.5 Å². The van der Waals surface area contributed by atoms with Crippen LogP contribution >= 0.6 is 11.6 Å². The van der Waals surface area contributed by atoms with Crippen molar-refractivity contribution >= 4 is 23.3 Å². The van der Waals surface area contributed by atoms with Gasteiger partial charge in [0.05, 0.1) is 0 Å². The number of nitrogens with zero attached hydrogens (tertiary/aromatic N) is 4. The third-order valence-corrected chi connectivity index (χ3v) is 4.47. The molecule has 1 aliphatic rings. The average molecular weight is 331 g/mol. The molecule has 0 aliphatic carbocycles. The van der Waals surface area contributed by atoms with Crippen molar-refractivity contribution in [2.24, 2.45) is 0 Å². The van der Waals surface area contributed by atoms with Gasteiger partial charge in [0.1, 0.15) is 17.3 Å². The van der Waals surface area contributed by atoms with Gasteiger partial charge >= 0.3 is 0 Å². The van der Waals surface area contributed by atoms with Gasteiger partial charge in [-0.2, -0.15) is 0 Å². The molecule has 6 heteroatoms. The Labute approximate surface area is 140 Å². The van der Waals surface area contributed by atoms with Crippen molar-refractivity contribution in [3.63, 3.8) is 0 Å². The number of piperazine rings is 1. The molecular weight excluding hydrogens is 312 g/mol. The Hall–Kier alpha value is -2.14. The highest BCUT2D eigenvalue weighted by Crippen LogP contribution is 2.18. The molecule has 0 spiro atoms. The van der Waals surface area contributed by atoms with Gasteiger partial charge in [-0.15, -0.1) is 0 Å². The topological polar surface area (TPSA) is 49.3 Å². The van der Waals surface area contributed by atoms with Crippen molar-refractivity contribution in [3.8, 4) is 0 Å². The standard InChI is InChI=1S/C17H19ClN4O/c1-12-3-4-14(9-13(12)2)17(23)22-7-5-21(6-8-22)16-10-15(18)19-11-20-16/h3-4,9-11H,5-8H2,1-2H3. The molecule has 0 unspecified atom stereocenters. The first-order chi connectivity index (χ1) is 11.0. The number of benzene rings is 1. The zero-order valence-corrected chi connectivity index (χ0v) is 14.0. The Kier molecular flexibility index (Phi) is 4.48. The summed E-state index contributed by atoms with van der Waals surface area (Å²) in [5.74, 6) is 0.900. The van der Waals surface area contributed by atoms with E-state index in [1.807, 2.05) is 30.0 Å². The summed E-state index contributed by atoms with van der Waals surface area (Å²) >= 11 is 5.91. The Morgan fingerprint density at radius 3 is 2.43 bits per heavy atom. The Morgan fingerprint density at radius 1 is 1.04 bits per heavy atom. The fraction of sp³-hybridized carbons (Fsp3) is 0.353. The number of hydrogen-bond acceptors (Lipinski definition) is 4. The maximum atomic E-state index is 12.6. The lowest BCUT2D eigenvalue weighted by molar-refractivity contribution is 0.0746. The molecule has 0 saturated carbocycles. The first-order valence-electron chi connectivity index (χ1n) is 7.63.